The molecule has 1 amide bonds. The van der Waals surface area contributed by atoms with E-state index in [0.717, 1.165) is 24.3 Å². The molecule has 0 bridgehead atoms. The maximum absolute atomic E-state index is 12.8. The molecule has 2 aliphatic rings. The van der Waals surface area contributed by atoms with Crippen LogP contribution in [-0.2, 0) is 24.9 Å². The molecule has 0 aliphatic carbocycles. The normalized spacial score (nSPS) is 18.4. The van der Waals surface area contributed by atoms with Gasteiger partial charge in [-0.25, -0.2) is 0 Å². The third-order valence-corrected chi connectivity index (χ3v) is 5.10. The molecule has 0 N–H and O–H groups in total. The van der Waals surface area contributed by atoms with Crippen LogP contribution in [-0.4, -0.2) is 55.3 Å². The summed E-state index contributed by atoms with van der Waals surface area (Å²) in [6.07, 6.45) is 4.94. The number of likely N-dealkylation sites (tertiary alicyclic amines) is 1. The van der Waals surface area contributed by atoms with Crippen molar-refractivity contribution in [3.8, 4) is 11.6 Å². The highest BCUT2D eigenvalue weighted by Crippen LogP contribution is 2.31. The number of hydrogen-bond donors (Lipinski definition) is 0. The van der Waals surface area contributed by atoms with Crippen LogP contribution in [0.5, 0.6) is 0 Å². The number of hydrogen-bond acceptors (Lipinski definition) is 6. The molecule has 4 heterocycles. The van der Waals surface area contributed by atoms with Gasteiger partial charge in [-0.05, 0) is 32.9 Å². The molecule has 0 radical (unpaired) electrons. The SMILES string of the molecule is Cc1noc(-c2nn(C)c3c2CN(C(=O)CN2CCCCCC2)C3)n1. The van der Waals surface area contributed by atoms with Crippen molar-refractivity contribution in [3.05, 3.63) is 17.1 Å². The summed E-state index contributed by atoms with van der Waals surface area (Å²) in [6, 6.07) is 0. The molecule has 0 spiro atoms. The van der Waals surface area contributed by atoms with Crippen molar-refractivity contribution in [2.45, 2.75) is 45.7 Å². The van der Waals surface area contributed by atoms with E-state index in [2.05, 4.69) is 20.1 Å². The molecular formula is C17H24N6O2. The third-order valence-electron chi connectivity index (χ3n) is 5.10. The summed E-state index contributed by atoms with van der Waals surface area (Å²) in [5.74, 6) is 1.20. The van der Waals surface area contributed by atoms with Crippen LogP contribution in [0, 0.1) is 6.92 Å². The van der Waals surface area contributed by atoms with E-state index in [0.29, 0.717) is 37.0 Å². The van der Waals surface area contributed by atoms with E-state index in [1.807, 2.05) is 16.6 Å². The maximum atomic E-state index is 12.8. The van der Waals surface area contributed by atoms with Gasteiger partial charge in [0.15, 0.2) is 11.5 Å². The first-order valence-electron chi connectivity index (χ1n) is 8.97. The van der Waals surface area contributed by atoms with E-state index in [1.165, 1.54) is 25.7 Å². The Bertz CT molecular complexity index is 772. The van der Waals surface area contributed by atoms with Gasteiger partial charge in [-0.3, -0.25) is 14.4 Å². The lowest BCUT2D eigenvalue weighted by Gasteiger charge is -2.23. The molecule has 8 heteroatoms. The predicted molar refractivity (Wildman–Crippen MR) is 90.4 cm³/mol. The Morgan fingerprint density at radius 2 is 1.92 bits per heavy atom. The summed E-state index contributed by atoms with van der Waals surface area (Å²) >= 11 is 0. The Morgan fingerprint density at radius 3 is 2.60 bits per heavy atom. The summed E-state index contributed by atoms with van der Waals surface area (Å²) < 4.78 is 7.09. The Kier molecular flexibility index (Phi) is 4.29. The first-order valence-corrected chi connectivity index (χ1v) is 8.97. The van der Waals surface area contributed by atoms with Crippen molar-refractivity contribution in [1.82, 2.24) is 29.7 Å². The standard InChI is InChI=1S/C17H24N6O2/c1-12-18-17(25-20-12)16-13-9-23(10-14(13)21(2)19-16)15(24)11-22-7-5-3-4-6-8-22/h3-11H2,1-2H3. The smallest absolute Gasteiger partial charge is 0.278 e. The van der Waals surface area contributed by atoms with E-state index in [-0.39, 0.29) is 5.91 Å². The van der Waals surface area contributed by atoms with Gasteiger partial charge in [-0.1, -0.05) is 18.0 Å². The molecule has 1 saturated heterocycles. The lowest BCUT2D eigenvalue weighted by atomic mass is 10.2. The summed E-state index contributed by atoms with van der Waals surface area (Å²) in [5, 5.41) is 8.36. The molecule has 0 aromatic carbocycles. The van der Waals surface area contributed by atoms with E-state index >= 15 is 0 Å². The van der Waals surface area contributed by atoms with Gasteiger partial charge in [0.2, 0.25) is 5.91 Å². The van der Waals surface area contributed by atoms with Crippen molar-refractivity contribution in [1.29, 1.82) is 0 Å². The number of carbonyl (C=O) groups is 1. The molecule has 25 heavy (non-hydrogen) atoms. The van der Waals surface area contributed by atoms with E-state index in [4.69, 9.17) is 4.52 Å². The van der Waals surface area contributed by atoms with Crippen LogP contribution in [0.15, 0.2) is 4.52 Å². The Hall–Kier alpha value is -2.22. The number of fused-ring (bicyclic) bond motifs is 1. The Labute approximate surface area is 146 Å². The molecule has 134 valence electrons. The van der Waals surface area contributed by atoms with Gasteiger partial charge in [0, 0.05) is 12.6 Å². The molecule has 8 nitrogen and oxygen atoms in total. The summed E-state index contributed by atoms with van der Waals surface area (Å²) in [4.78, 5) is 21.2. The van der Waals surface area contributed by atoms with Crippen LogP contribution >= 0.6 is 0 Å². The lowest BCUT2D eigenvalue weighted by Crippen LogP contribution is -2.38. The van der Waals surface area contributed by atoms with Crippen LogP contribution in [0.2, 0.25) is 0 Å². The van der Waals surface area contributed by atoms with Crippen LogP contribution in [0.3, 0.4) is 0 Å². The van der Waals surface area contributed by atoms with Gasteiger partial charge in [-0.2, -0.15) is 10.1 Å². The minimum absolute atomic E-state index is 0.186. The Balaban J connectivity index is 1.48. The van der Waals surface area contributed by atoms with Crippen molar-refractivity contribution in [2.75, 3.05) is 19.6 Å². The number of amides is 1. The molecule has 2 aliphatic heterocycles. The molecule has 0 atom stereocenters. The van der Waals surface area contributed by atoms with E-state index in [9.17, 15) is 4.79 Å². The number of aromatic nitrogens is 4. The lowest BCUT2D eigenvalue weighted by molar-refractivity contribution is -0.133. The maximum Gasteiger partial charge on any atom is 0.278 e. The van der Waals surface area contributed by atoms with Crippen LogP contribution in [0.1, 0.15) is 42.8 Å². The quantitative estimate of drug-likeness (QED) is 0.839. The molecule has 0 saturated carbocycles. The second-order valence-electron chi connectivity index (χ2n) is 6.98. The molecule has 2 aromatic heterocycles. The zero-order valence-corrected chi connectivity index (χ0v) is 14.9. The van der Waals surface area contributed by atoms with Crippen molar-refractivity contribution >= 4 is 5.91 Å². The summed E-state index contributed by atoms with van der Waals surface area (Å²) in [7, 11) is 1.90. The minimum atomic E-state index is 0.186. The van der Waals surface area contributed by atoms with E-state index < -0.39 is 0 Å². The second kappa shape index (κ2) is 6.59. The number of nitrogens with zero attached hydrogens (tertiary/aromatic N) is 6. The van der Waals surface area contributed by atoms with Crippen LogP contribution in [0.25, 0.3) is 11.6 Å². The zero-order valence-electron chi connectivity index (χ0n) is 14.9. The number of rotatable bonds is 3. The molecule has 4 rings (SSSR count). The van der Waals surface area contributed by atoms with Crippen molar-refractivity contribution in [2.24, 2.45) is 7.05 Å². The largest absolute Gasteiger partial charge is 0.332 e. The Morgan fingerprint density at radius 1 is 1.16 bits per heavy atom. The minimum Gasteiger partial charge on any atom is -0.332 e. The summed E-state index contributed by atoms with van der Waals surface area (Å²) in [6.45, 7) is 5.51. The van der Waals surface area contributed by atoms with Gasteiger partial charge < -0.3 is 9.42 Å². The number of carbonyl (C=O) groups excluding carboxylic acids is 1. The van der Waals surface area contributed by atoms with Gasteiger partial charge in [0.25, 0.3) is 5.89 Å². The van der Waals surface area contributed by atoms with Crippen LogP contribution < -0.4 is 0 Å². The predicted octanol–water partition coefficient (Wildman–Crippen LogP) is 1.50. The average Bonchev–Trinajstić information content (AvgIpc) is 3.22. The van der Waals surface area contributed by atoms with E-state index in [1.54, 1.807) is 6.92 Å². The first kappa shape index (κ1) is 16.3. The third kappa shape index (κ3) is 3.18. The van der Waals surface area contributed by atoms with Gasteiger partial charge in [-0.15, -0.1) is 0 Å². The number of aryl methyl sites for hydroxylation is 2. The monoisotopic (exact) mass is 344 g/mol. The fourth-order valence-electron chi connectivity index (χ4n) is 3.72. The fourth-order valence-corrected chi connectivity index (χ4v) is 3.72. The van der Waals surface area contributed by atoms with Gasteiger partial charge >= 0.3 is 0 Å². The highest BCUT2D eigenvalue weighted by Gasteiger charge is 2.32. The van der Waals surface area contributed by atoms with Gasteiger partial charge in [0.1, 0.15) is 0 Å². The highest BCUT2D eigenvalue weighted by atomic mass is 16.5. The zero-order chi connectivity index (χ0) is 17.4. The van der Waals surface area contributed by atoms with Crippen LogP contribution in [0.4, 0.5) is 0 Å². The molecule has 2 aromatic rings. The van der Waals surface area contributed by atoms with Crippen molar-refractivity contribution < 1.29 is 9.32 Å². The highest BCUT2D eigenvalue weighted by molar-refractivity contribution is 5.79. The van der Waals surface area contributed by atoms with Gasteiger partial charge in [0.05, 0.1) is 25.3 Å². The topological polar surface area (TPSA) is 80.3 Å². The average molecular weight is 344 g/mol. The first-order chi connectivity index (χ1) is 12.1. The molecule has 0 unspecified atom stereocenters. The summed E-state index contributed by atoms with van der Waals surface area (Å²) in [5.41, 5.74) is 2.77. The molecular weight excluding hydrogens is 320 g/mol. The van der Waals surface area contributed by atoms with Crippen molar-refractivity contribution in [3.63, 3.8) is 0 Å². The molecule has 1 fully saturated rings. The fraction of sp³-hybridized carbons (Fsp3) is 0.647. The second-order valence-corrected chi connectivity index (χ2v) is 6.98.